The number of hydrogen-bond donors (Lipinski definition) is 2. The molecule has 0 unspecified atom stereocenters. The number of anilines is 1. The van der Waals surface area contributed by atoms with Gasteiger partial charge in [0.15, 0.2) is 0 Å². The van der Waals surface area contributed by atoms with E-state index in [-0.39, 0.29) is 0 Å². The zero-order valence-electron chi connectivity index (χ0n) is 8.90. The van der Waals surface area contributed by atoms with E-state index in [1.807, 2.05) is 6.07 Å². The smallest absolute Gasteiger partial charge is 0.112 e. The lowest BCUT2D eigenvalue weighted by atomic mass is 10.2. The number of thiophene rings is 1. The predicted molar refractivity (Wildman–Crippen MR) is 72.6 cm³/mol. The van der Waals surface area contributed by atoms with E-state index in [0.717, 1.165) is 23.3 Å². The van der Waals surface area contributed by atoms with Gasteiger partial charge in [0, 0.05) is 11.4 Å². The molecule has 0 fully saturated rings. The van der Waals surface area contributed by atoms with Crippen molar-refractivity contribution >= 4 is 39.7 Å². The van der Waals surface area contributed by atoms with Gasteiger partial charge in [-0.25, -0.2) is 4.98 Å². The van der Waals surface area contributed by atoms with Gasteiger partial charge in [0.25, 0.3) is 0 Å². The van der Waals surface area contributed by atoms with Gasteiger partial charge in [0.2, 0.25) is 0 Å². The van der Waals surface area contributed by atoms with Crippen molar-refractivity contribution in [2.45, 2.75) is 6.42 Å². The number of hydrogen-bond acceptors (Lipinski definition) is 3. The highest BCUT2D eigenvalue weighted by Crippen LogP contribution is 2.24. The van der Waals surface area contributed by atoms with Crippen LogP contribution in [-0.4, -0.2) is 9.97 Å². The summed E-state index contributed by atoms with van der Waals surface area (Å²) in [6.07, 6.45) is 0.787. The van der Waals surface area contributed by atoms with Crippen LogP contribution in [0.1, 0.15) is 11.4 Å². The maximum absolute atomic E-state index is 5.95. The lowest BCUT2D eigenvalue weighted by Crippen LogP contribution is -1.88. The first kappa shape index (κ1) is 10.6. The van der Waals surface area contributed by atoms with E-state index in [9.17, 15) is 0 Å². The Morgan fingerprint density at radius 3 is 3.06 bits per heavy atom. The second-order valence-corrected chi connectivity index (χ2v) is 5.10. The molecule has 0 spiro atoms. The molecule has 0 bridgehead atoms. The molecule has 0 saturated heterocycles. The minimum Gasteiger partial charge on any atom is -0.397 e. The normalized spacial score (nSPS) is 11.1. The number of nitrogens with one attached hydrogen (secondary N) is 1. The van der Waals surface area contributed by atoms with Crippen LogP contribution in [0, 0.1) is 0 Å². The molecular weight excluding hydrogens is 254 g/mol. The molecule has 17 heavy (non-hydrogen) atoms. The van der Waals surface area contributed by atoms with Crippen LogP contribution in [0.5, 0.6) is 0 Å². The van der Waals surface area contributed by atoms with E-state index in [1.165, 1.54) is 5.56 Å². The van der Waals surface area contributed by atoms with Crippen LogP contribution in [0.3, 0.4) is 0 Å². The number of benzene rings is 1. The van der Waals surface area contributed by atoms with Crippen molar-refractivity contribution in [3.8, 4) is 0 Å². The van der Waals surface area contributed by atoms with Crippen molar-refractivity contribution in [1.82, 2.24) is 9.97 Å². The number of imidazole rings is 1. The molecule has 0 saturated carbocycles. The Bertz CT molecular complexity index is 658. The van der Waals surface area contributed by atoms with Crippen LogP contribution in [0.4, 0.5) is 5.69 Å². The van der Waals surface area contributed by atoms with Crippen molar-refractivity contribution in [3.05, 3.63) is 45.4 Å². The zero-order valence-corrected chi connectivity index (χ0v) is 10.5. The summed E-state index contributed by atoms with van der Waals surface area (Å²) in [6, 6.07) is 5.66. The maximum atomic E-state index is 5.95. The molecule has 0 atom stereocenters. The first-order valence-corrected chi connectivity index (χ1v) is 6.49. The maximum Gasteiger partial charge on any atom is 0.112 e. The minimum atomic E-state index is 0.611. The highest BCUT2D eigenvalue weighted by Gasteiger charge is 2.07. The number of nitrogen functional groups attached to an aromatic ring is 1. The third-order valence-corrected chi connectivity index (χ3v) is 3.53. The first-order valence-electron chi connectivity index (χ1n) is 5.17. The molecule has 3 aromatic rings. The fourth-order valence-corrected chi connectivity index (χ4v) is 2.72. The molecule has 86 valence electrons. The van der Waals surface area contributed by atoms with Gasteiger partial charge >= 0.3 is 0 Å². The van der Waals surface area contributed by atoms with Crippen LogP contribution >= 0.6 is 22.9 Å². The average molecular weight is 264 g/mol. The summed E-state index contributed by atoms with van der Waals surface area (Å²) in [6.45, 7) is 0. The monoisotopic (exact) mass is 263 g/mol. The number of aromatic amines is 1. The Hall–Kier alpha value is -1.52. The van der Waals surface area contributed by atoms with Gasteiger partial charge in [-0.2, -0.15) is 11.3 Å². The fraction of sp³-hybridized carbons (Fsp3) is 0.0833. The van der Waals surface area contributed by atoms with Crippen molar-refractivity contribution in [3.63, 3.8) is 0 Å². The average Bonchev–Trinajstić information content (AvgIpc) is 2.87. The SMILES string of the molecule is Nc1cc(Cl)cc2[nH]c(Cc3ccsc3)nc12. The Labute approximate surface area is 107 Å². The fourth-order valence-electron chi connectivity index (χ4n) is 1.83. The molecular formula is C12H10ClN3S. The molecule has 3 N–H and O–H groups in total. The molecule has 2 heterocycles. The number of halogens is 1. The summed E-state index contributed by atoms with van der Waals surface area (Å²) in [4.78, 5) is 7.74. The molecule has 5 heteroatoms. The summed E-state index contributed by atoms with van der Waals surface area (Å²) >= 11 is 7.63. The molecule has 3 rings (SSSR count). The topological polar surface area (TPSA) is 54.7 Å². The summed E-state index contributed by atoms with van der Waals surface area (Å²) in [7, 11) is 0. The largest absolute Gasteiger partial charge is 0.397 e. The number of aromatic nitrogens is 2. The summed E-state index contributed by atoms with van der Waals surface area (Å²) in [5, 5.41) is 4.80. The molecule has 3 nitrogen and oxygen atoms in total. The van der Waals surface area contributed by atoms with Crippen LogP contribution in [0.15, 0.2) is 29.0 Å². The van der Waals surface area contributed by atoms with Crippen molar-refractivity contribution in [2.75, 3.05) is 5.73 Å². The summed E-state index contributed by atoms with van der Waals surface area (Å²) in [5.74, 6) is 0.910. The molecule has 0 aliphatic heterocycles. The summed E-state index contributed by atoms with van der Waals surface area (Å²) in [5.41, 5.74) is 9.42. The lowest BCUT2D eigenvalue weighted by Gasteiger charge is -1.94. The van der Waals surface area contributed by atoms with Crippen molar-refractivity contribution in [2.24, 2.45) is 0 Å². The number of nitrogens with zero attached hydrogens (tertiary/aromatic N) is 1. The number of fused-ring (bicyclic) bond motifs is 1. The van der Waals surface area contributed by atoms with E-state index in [1.54, 1.807) is 17.4 Å². The molecule has 1 aromatic carbocycles. The Morgan fingerprint density at radius 1 is 1.41 bits per heavy atom. The number of nitrogens with two attached hydrogens (primary N) is 1. The minimum absolute atomic E-state index is 0.611. The second kappa shape index (κ2) is 4.05. The zero-order chi connectivity index (χ0) is 11.8. The Morgan fingerprint density at radius 2 is 2.29 bits per heavy atom. The third kappa shape index (κ3) is 2.01. The van der Waals surface area contributed by atoms with E-state index in [0.29, 0.717) is 10.7 Å². The first-order chi connectivity index (χ1) is 8.22. The van der Waals surface area contributed by atoms with Crippen LogP contribution < -0.4 is 5.73 Å². The van der Waals surface area contributed by atoms with Gasteiger partial charge in [-0.3, -0.25) is 0 Å². The third-order valence-electron chi connectivity index (χ3n) is 2.58. The molecule has 0 radical (unpaired) electrons. The van der Waals surface area contributed by atoms with E-state index < -0.39 is 0 Å². The van der Waals surface area contributed by atoms with Crippen LogP contribution in [0.25, 0.3) is 11.0 Å². The standard InChI is InChI=1S/C12H10ClN3S/c13-8-4-9(14)12-10(5-8)15-11(16-12)3-7-1-2-17-6-7/h1-2,4-6H,3,14H2,(H,15,16). The van der Waals surface area contributed by atoms with Crippen molar-refractivity contribution in [1.29, 1.82) is 0 Å². The van der Waals surface area contributed by atoms with Gasteiger partial charge in [0.1, 0.15) is 11.3 Å². The molecule has 0 aliphatic rings. The quantitative estimate of drug-likeness (QED) is 0.696. The van der Waals surface area contributed by atoms with Gasteiger partial charge in [-0.05, 0) is 34.5 Å². The number of rotatable bonds is 2. The Balaban J connectivity index is 2.05. The Kier molecular flexibility index (Phi) is 2.53. The molecule has 2 aromatic heterocycles. The van der Waals surface area contributed by atoms with Crippen LogP contribution in [-0.2, 0) is 6.42 Å². The number of H-pyrrole nitrogens is 1. The highest BCUT2D eigenvalue weighted by molar-refractivity contribution is 7.07. The van der Waals surface area contributed by atoms with Gasteiger partial charge in [0.05, 0.1) is 11.2 Å². The van der Waals surface area contributed by atoms with E-state index >= 15 is 0 Å². The van der Waals surface area contributed by atoms with Gasteiger partial charge < -0.3 is 10.7 Å². The second-order valence-electron chi connectivity index (χ2n) is 3.88. The highest BCUT2D eigenvalue weighted by atomic mass is 35.5. The van der Waals surface area contributed by atoms with Gasteiger partial charge in [-0.15, -0.1) is 0 Å². The molecule has 0 amide bonds. The van der Waals surface area contributed by atoms with Crippen molar-refractivity contribution < 1.29 is 0 Å². The van der Waals surface area contributed by atoms with Crippen LogP contribution in [0.2, 0.25) is 5.02 Å². The molecule has 0 aliphatic carbocycles. The predicted octanol–water partition coefficient (Wildman–Crippen LogP) is 3.45. The van der Waals surface area contributed by atoms with E-state index in [4.69, 9.17) is 17.3 Å². The summed E-state index contributed by atoms with van der Waals surface area (Å²) < 4.78 is 0. The lowest BCUT2D eigenvalue weighted by molar-refractivity contribution is 1.04. The van der Waals surface area contributed by atoms with E-state index in [2.05, 4.69) is 26.8 Å². The van der Waals surface area contributed by atoms with Gasteiger partial charge in [-0.1, -0.05) is 11.6 Å².